The fraction of sp³-hybridized carbons (Fsp3) is 0.565. The van der Waals surface area contributed by atoms with Crippen molar-refractivity contribution in [3.63, 3.8) is 0 Å². The highest BCUT2D eigenvalue weighted by molar-refractivity contribution is 6.09. The SMILES string of the molecule is CCC1CCC2(CC1)NC(=O)N(CC(=O)NC(c1nc(-c3ccncc3)no1)C(C)C)C2=O. The molecular formula is C23H30N6O4. The average molecular weight is 455 g/mol. The number of amides is 4. The van der Waals surface area contributed by atoms with Crippen LogP contribution < -0.4 is 10.6 Å². The summed E-state index contributed by atoms with van der Waals surface area (Å²) in [6, 6.07) is 2.46. The Balaban J connectivity index is 1.42. The summed E-state index contributed by atoms with van der Waals surface area (Å²) in [4.78, 5) is 47.9. The number of pyridine rings is 1. The molecule has 4 rings (SSSR count). The van der Waals surface area contributed by atoms with E-state index >= 15 is 0 Å². The molecule has 3 heterocycles. The maximum Gasteiger partial charge on any atom is 0.325 e. The predicted molar refractivity (Wildman–Crippen MR) is 118 cm³/mol. The van der Waals surface area contributed by atoms with Crippen LogP contribution in [-0.4, -0.2) is 50.0 Å². The minimum atomic E-state index is -0.869. The Morgan fingerprint density at radius 3 is 2.61 bits per heavy atom. The molecule has 1 atom stereocenters. The third kappa shape index (κ3) is 4.60. The molecule has 1 aliphatic carbocycles. The van der Waals surface area contributed by atoms with Gasteiger partial charge in [-0.15, -0.1) is 0 Å². The fourth-order valence-electron chi connectivity index (χ4n) is 4.59. The zero-order valence-corrected chi connectivity index (χ0v) is 19.2. The van der Waals surface area contributed by atoms with Gasteiger partial charge in [-0.2, -0.15) is 4.98 Å². The Hall–Kier alpha value is -3.30. The molecule has 2 fully saturated rings. The molecule has 0 radical (unpaired) electrons. The Morgan fingerprint density at radius 1 is 1.27 bits per heavy atom. The molecule has 176 valence electrons. The molecule has 2 aliphatic rings. The topological polar surface area (TPSA) is 130 Å². The molecule has 2 aromatic heterocycles. The largest absolute Gasteiger partial charge is 0.342 e. The molecule has 10 nitrogen and oxygen atoms in total. The molecule has 4 amide bonds. The van der Waals surface area contributed by atoms with E-state index < -0.39 is 23.5 Å². The maximum atomic E-state index is 13.1. The minimum Gasteiger partial charge on any atom is -0.342 e. The second-order valence-electron chi connectivity index (χ2n) is 9.24. The van der Waals surface area contributed by atoms with E-state index in [4.69, 9.17) is 4.52 Å². The molecular weight excluding hydrogens is 424 g/mol. The van der Waals surface area contributed by atoms with E-state index in [0.717, 1.165) is 29.7 Å². The number of imide groups is 1. The van der Waals surface area contributed by atoms with Crippen molar-refractivity contribution in [3.8, 4) is 11.4 Å². The van der Waals surface area contributed by atoms with Crippen LogP contribution in [0.15, 0.2) is 29.0 Å². The maximum absolute atomic E-state index is 13.1. The van der Waals surface area contributed by atoms with Crippen molar-refractivity contribution in [2.24, 2.45) is 11.8 Å². The van der Waals surface area contributed by atoms with Crippen molar-refractivity contribution >= 4 is 17.8 Å². The quantitative estimate of drug-likeness (QED) is 0.615. The van der Waals surface area contributed by atoms with Crippen molar-refractivity contribution in [1.29, 1.82) is 0 Å². The molecule has 1 saturated heterocycles. The van der Waals surface area contributed by atoms with Crippen LogP contribution in [0.25, 0.3) is 11.4 Å². The summed E-state index contributed by atoms with van der Waals surface area (Å²) >= 11 is 0. The molecule has 1 aliphatic heterocycles. The van der Waals surface area contributed by atoms with Gasteiger partial charge in [0, 0.05) is 18.0 Å². The standard InChI is InChI=1S/C23H30N6O4/c1-4-15-5-9-23(10-6-15)21(31)29(22(32)27-23)13-17(30)25-18(14(2)3)20-26-19(28-33-20)16-7-11-24-12-8-16/h7-8,11-12,14-15,18H,4-6,9-10,13H2,1-3H3,(H,25,30)(H,27,32). The van der Waals surface area contributed by atoms with Gasteiger partial charge in [0.15, 0.2) is 0 Å². The molecule has 0 bridgehead atoms. The number of carbonyl (C=O) groups is 3. The molecule has 1 spiro atoms. The number of nitrogens with one attached hydrogen (secondary N) is 2. The summed E-state index contributed by atoms with van der Waals surface area (Å²) in [5.41, 5.74) is -0.122. The highest BCUT2D eigenvalue weighted by atomic mass is 16.5. The molecule has 2 N–H and O–H groups in total. The summed E-state index contributed by atoms with van der Waals surface area (Å²) < 4.78 is 5.41. The van der Waals surface area contributed by atoms with Crippen LogP contribution in [0.4, 0.5) is 4.79 Å². The van der Waals surface area contributed by atoms with E-state index in [-0.39, 0.29) is 24.3 Å². The van der Waals surface area contributed by atoms with Crippen LogP contribution in [0, 0.1) is 11.8 Å². The van der Waals surface area contributed by atoms with Gasteiger partial charge in [0.1, 0.15) is 18.1 Å². The number of aromatic nitrogens is 3. The first-order valence-electron chi connectivity index (χ1n) is 11.5. The zero-order valence-electron chi connectivity index (χ0n) is 19.2. The molecule has 2 aromatic rings. The summed E-state index contributed by atoms with van der Waals surface area (Å²) in [5, 5.41) is 9.71. The van der Waals surface area contributed by atoms with E-state index in [1.807, 2.05) is 13.8 Å². The van der Waals surface area contributed by atoms with E-state index in [1.165, 1.54) is 0 Å². The van der Waals surface area contributed by atoms with E-state index in [0.29, 0.717) is 24.6 Å². The van der Waals surface area contributed by atoms with Gasteiger partial charge >= 0.3 is 6.03 Å². The van der Waals surface area contributed by atoms with E-state index in [1.54, 1.807) is 24.5 Å². The lowest BCUT2D eigenvalue weighted by molar-refractivity contribution is -0.136. The van der Waals surface area contributed by atoms with Crippen molar-refractivity contribution in [2.75, 3.05) is 6.54 Å². The van der Waals surface area contributed by atoms with Crippen LogP contribution in [-0.2, 0) is 9.59 Å². The Kier molecular flexibility index (Phi) is 6.44. The fourth-order valence-corrected chi connectivity index (χ4v) is 4.59. The van der Waals surface area contributed by atoms with Crippen LogP contribution in [0.5, 0.6) is 0 Å². The normalized spacial score (nSPS) is 23.8. The van der Waals surface area contributed by atoms with Crippen molar-refractivity contribution in [3.05, 3.63) is 30.4 Å². The Morgan fingerprint density at radius 2 is 1.97 bits per heavy atom. The number of urea groups is 1. The van der Waals surface area contributed by atoms with Gasteiger partial charge in [0.25, 0.3) is 5.91 Å². The third-order valence-electron chi connectivity index (χ3n) is 6.71. The summed E-state index contributed by atoms with van der Waals surface area (Å²) in [7, 11) is 0. The van der Waals surface area contributed by atoms with Crippen molar-refractivity contribution in [1.82, 2.24) is 30.7 Å². The number of hydrogen-bond acceptors (Lipinski definition) is 7. The van der Waals surface area contributed by atoms with Crippen LogP contribution in [0.2, 0.25) is 0 Å². The van der Waals surface area contributed by atoms with Gasteiger partial charge in [0.05, 0.1) is 0 Å². The first-order valence-corrected chi connectivity index (χ1v) is 11.5. The van der Waals surface area contributed by atoms with E-state index in [2.05, 4.69) is 32.7 Å². The second-order valence-corrected chi connectivity index (χ2v) is 9.24. The van der Waals surface area contributed by atoms with Crippen LogP contribution >= 0.6 is 0 Å². The van der Waals surface area contributed by atoms with Gasteiger partial charge < -0.3 is 15.2 Å². The molecule has 33 heavy (non-hydrogen) atoms. The van der Waals surface area contributed by atoms with Gasteiger partial charge in [-0.1, -0.05) is 32.3 Å². The highest BCUT2D eigenvalue weighted by Crippen LogP contribution is 2.37. The lowest BCUT2D eigenvalue weighted by atomic mass is 9.75. The first kappa shape index (κ1) is 22.9. The molecule has 1 saturated carbocycles. The number of nitrogens with zero attached hydrogens (tertiary/aromatic N) is 4. The van der Waals surface area contributed by atoms with Crippen molar-refractivity contribution < 1.29 is 18.9 Å². The van der Waals surface area contributed by atoms with Gasteiger partial charge in [-0.3, -0.25) is 19.5 Å². The summed E-state index contributed by atoms with van der Waals surface area (Å²) in [6.07, 6.45) is 7.36. The Labute approximate surface area is 192 Å². The highest BCUT2D eigenvalue weighted by Gasteiger charge is 2.52. The average Bonchev–Trinajstić information content (AvgIpc) is 3.38. The third-order valence-corrected chi connectivity index (χ3v) is 6.71. The monoisotopic (exact) mass is 454 g/mol. The number of rotatable bonds is 7. The van der Waals surface area contributed by atoms with Crippen LogP contribution in [0.1, 0.15) is 64.8 Å². The summed E-state index contributed by atoms with van der Waals surface area (Å²) in [6.45, 7) is 5.62. The number of hydrogen-bond donors (Lipinski definition) is 2. The molecule has 10 heteroatoms. The first-order chi connectivity index (χ1) is 15.8. The minimum absolute atomic E-state index is 0.0570. The molecule has 1 unspecified atom stereocenters. The Bertz CT molecular complexity index is 1010. The number of carbonyl (C=O) groups excluding carboxylic acids is 3. The second kappa shape index (κ2) is 9.29. The van der Waals surface area contributed by atoms with Gasteiger partial charge in [-0.05, 0) is 49.7 Å². The van der Waals surface area contributed by atoms with Gasteiger partial charge in [-0.25, -0.2) is 4.79 Å². The lowest BCUT2D eigenvalue weighted by Gasteiger charge is -2.34. The van der Waals surface area contributed by atoms with Gasteiger partial charge in [0.2, 0.25) is 17.6 Å². The van der Waals surface area contributed by atoms with Crippen molar-refractivity contribution in [2.45, 2.75) is 64.5 Å². The van der Waals surface area contributed by atoms with Crippen LogP contribution in [0.3, 0.4) is 0 Å². The lowest BCUT2D eigenvalue weighted by Crippen LogP contribution is -2.50. The molecule has 0 aromatic carbocycles. The van der Waals surface area contributed by atoms with E-state index in [9.17, 15) is 14.4 Å². The summed E-state index contributed by atoms with van der Waals surface area (Å²) in [5.74, 6) is 0.411. The predicted octanol–water partition coefficient (Wildman–Crippen LogP) is 2.84. The zero-order chi connectivity index (χ0) is 23.6. The smallest absolute Gasteiger partial charge is 0.325 e.